The third-order valence-electron chi connectivity index (χ3n) is 6.52. The van der Waals surface area contributed by atoms with E-state index in [0.717, 1.165) is 22.2 Å². The normalized spacial score (nSPS) is 19.1. The van der Waals surface area contributed by atoms with Crippen molar-refractivity contribution in [1.29, 1.82) is 0 Å². The number of carbonyl (C=O) groups excluding carboxylic acids is 2. The van der Waals surface area contributed by atoms with Gasteiger partial charge in [-0.1, -0.05) is 57.9 Å². The van der Waals surface area contributed by atoms with Crippen molar-refractivity contribution in [1.82, 2.24) is 14.8 Å². The smallest absolute Gasteiger partial charge is 0.270 e. The van der Waals surface area contributed by atoms with E-state index in [2.05, 4.69) is 21.2 Å². The molecule has 2 atom stereocenters. The van der Waals surface area contributed by atoms with Gasteiger partial charge in [0.2, 0.25) is 0 Å². The molecule has 2 aliphatic heterocycles. The van der Waals surface area contributed by atoms with Gasteiger partial charge < -0.3 is 14.8 Å². The van der Waals surface area contributed by atoms with Crippen LogP contribution in [-0.4, -0.2) is 34.4 Å². The van der Waals surface area contributed by atoms with Gasteiger partial charge in [-0.05, 0) is 54.3 Å². The van der Waals surface area contributed by atoms with Crippen LogP contribution in [0.2, 0.25) is 5.02 Å². The number of benzene rings is 2. The minimum absolute atomic E-state index is 0.000723. The van der Waals surface area contributed by atoms with E-state index in [-0.39, 0.29) is 29.0 Å². The largest absolute Gasteiger partial charge is 0.336 e. The Bertz CT molecular complexity index is 1400. The molecule has 6 nitrogen and oxygen atoms in total. The van der Waals surface area contributed by atoms with E-state index in [0.29, 0.717) is 30.2 Å². The van der Waals surface area contributed by atoms with Gasteiger partial charge in [0.25, 0.3) is 17.4 Å². The first-order chi connectivity index (χ1) is 16.9. The Labute approximate surface area is 216 Å². The maximum absolute atomic E-state index is 13.8. The number of nitrogens with one attached hydrogen (secondary N) is 1. The molecule has 1 fully saturated rings. The van der Waals surface area contributed by atoms with Crippen molar-refractivity contribution in [3.63, 3.8) is 0 Å². The molecule has 1 aromatic heterocycles. The summed E-state index contributed by atoms with van der Waals surface area (Å²) < 4.78 is 2.70. The summed E-state index contributed by atoms with van der Waals surface area (Å²) >= 11 is 9.69. The molecule has 178 valence electrons. The van der Waals surface area contributed by atoms with Gasteiger partial charge in [0, 0.05) is 41.8 Å². The summed E-state index contributed by atoms with van der Waals surface area (Å²) in [4.78, 5) is 41.0. The molecule has 0 saturated carbocycles. The van der Waals surface area contributed by atoms with Crippen LogP contribution in [-0.2, 0) is 11.3 Å². The predicted molar refractivity (Wildman–Crippen MR) is 139 cm³/mol. The first kappa shape index (κ1) is 23.6. The number of halogens is 2. The highest BCUT2D eigenvalue weighted by Gasteiger charge is 2.37. The minimum atomic E-state index is -0.445. The Morgan fingerprint density at radius 3 is 2.60 bits per heavy atom. The average Bonchev–Trinajstić information content (AvgIpc) is 2.84. The first-order valence-corrected chi connectivity index (χ1v) is 12.6. The summed E-state index contributed by atoms with van der Waals surface area (Å²) in [6.07, 6.45) is 2.62. The zero-order chi connectivity index (χ0) is 24.5. The number of hydrogen-bond acceptors (Lipinski definition) is 3. The second kappa shape index (κ2) is 9.84. The summed E-state index contributed by atoms with van der Waals surface area (Å²) in [6.45, 7) is 1.59. The number of amides is 2. The monoisotopic (exact) mass is 551 g/mol. The van der Waals surface area contributed by atoms with E-state index in [9.17, 15) is 14.4 Å². The van der Waals surface area contributed by atoms with Gasteiger partial charge >= 0.3 is 0 Å². The molecular weight excluding hydrogens is 530 g/mol. The van der Waals surface area contributed by atoms with Crippen molar-refractivity contribution < 1.29 is 9.59 Å². The summed E-state index contributed by atoms with van der Waals surface area (Å²) in [6, 6.07) is 19.6. The molecule has 2 aliphatic rings. The van der Waals surface area contributed by atoms with Gasteiger partial charge in [-0.2, -0.15) is 0 Å². The second-order valence-corrected chi connectivity index (χ2v) is 10.3. The number of rotatable bonds is 4. The lowest BCUT2D eigenvalue weighted by atomic mass is 9.83. The number of fused-ring (bicyclic) bond motifs is 4. The van der Waals surface area contributed by atoms with E-state index >= 15 is 0 Å². The van der Waals surface area contributed by atoms with Gasteiger partial charge in [-0.3, -0.25) is 14.4 Å². The highest BCUT2D eigenvalue weighted by Crippen LogP contribution is 2.35. The number of pyridine rings is 1. The summed E-state index contributed by atoms with van der Waals surface area (Å²) in [5.41, 5.74) is 2.21. The molecule has 2 amide bonds. The van der Waals surface area contributed by atoms with Crippen molar-refractivity contribution in [2.24, 2.45) is 5.92 Å². The Morgan fingerprint density at radius 1 is 1.00 bits per heavy atom. The van der Waals surface area contributed by atoms with Crippen LogP contribution in [0.15, 0.2) is 81.7 Å². The molecule has 0 spiro atoms. The van der Waals surface area contributed by atoms with Crippen molar-refractivity contribution in [3.8, 4) is 0 Å². The number of hydrogen-bond donors (Lipinski definition) is 1. The highest BCUT2D eigenvalue weighted by molar-refractivity contribution is 9.10. The van der Waals surface area contributed by atoms with Gasteiger partial charge in [0.05, 0.1) is 10.6 Å². The lowest BCUT2D eigenvalue weighted by Crippen LogP contribution is -2.50. The second-order valence-electron chi connectivity index (χ2n) is 8.96. The Morgan fingerprint density at radius 2 is 1.80 bits per heavy atom. The van der Waals surface area contributed by atoms with Crippen LogP contribution in [0.5, 0.6) is 0 Å². The Balaban J connectivity index is 1.46. The Kier molecular flexibility index (Phi) is 6.62. The maximum atomic E-state index is 13.8. The lowest BCUT2D eigenvalue weighted by molar-refractivity contribution is -0.130. The van der Waals surface area contributed by atoms with Crippen LogP contribution in [0, 0.1) is 5.92 Å². The number of aromatic nitrogens is 1. The lowest BCUT2D eigenvalue weighted by Gasteiger charge is -2.43. The Hall–Kier alpha value is -3.16. The SMILES string of the molecule is O=C(NC(=Cc1cccc(Br)c1)C(=O)N1CC2CC(C1)c1cccc(=O)n1C2)c1ccccc1Cl. The molecule has 2 aromatic carbocycles. The third-order valence-corrected chi connectivity index (χ3v) is 7.35. The molecule has 3 aromatic rings. The van der Waals surface area contributed by atoms with Crippen molar-refractivity contribution >= 4 is 45.4 Å². The molecule has 2 unspecified atom stereocenters. The molecule has 35 heavy (non-hydrogen) atoms. The van der Waals surface area contributed by atoms with E-state index in [1.807, 2.05) is 34.9 Å². The minimum Gasteiger partial charge on any atom is -0.336 e. The van der Waals surface area contributed by atoms with Gasteiger partial charge in [-0.15, -0.1) is 0 Å². The van der Waals surface area contributed by atoms with Gasteiger partial charge in [0.15, 0.2) is 0 Å². The number of carbonyl (C=O) groups is 2. The summed E-state index contributed by atoms with van der Waals surface area (Å²) in [5, 5.41) is 3.12. The topological polar surface area (TPSA) is 71.4 Å². The van der Waals surface area contributed by atoms with Crippen LogP contribution in [0.4, 0.5) is 0 Å². The van der Waals surface area contributed by atoms with Crippen LogP contribution in [0.1, 0.15) is 34.0 Å². The average molecular weight is 553 g/mol. The number of likely N-dealkylation sites (tertiary alicyclic amines) is 1. The van der Waals surface area contributed by atoms with E-state index in [1.165, 1.54) is 0 Å². The molecule has 8 heteroatoms. The molecular formula is C27H23BrClN3O3. The van der Waals surface area contributed by atoms with Crippen LogP contribution >= 0.6 is 27.5 Å². The molecule has 1 N–H and O–H groups in total. The first-order valence-electron chi connectivity index (χ1n) is 11.4. The zero-order valence-corrected chi connectivity index (χ0v) is 21.1. The van der Waals surface area contributed by atoms with Crippen molar-refractivity contribution in [2.45, 2.75) is 18.9 Å². The third kappa shape index (κ3) is 4.97. The molecule has 1 saturated heterocycles. The fraction of sp³-hybridized carbons (Fsp3) is 0.222. The number of piperidine rings is 1. The standard InChI is InChI=1S/C27H23BrClN3O3/c28-20-6-3-5-17(12-20)13-23(30-26(34)21-7-1-2-8-22(21)29)27(35)31-14-18-11-19(16-31)24-9-4-10-25(33)32(24)15-18/h1-10,12-13,18-19H,11,14-16H2,(H,30,34). The van der Waals surface area contributed by atoms with E-state index in [4.69, 9.17) is 11.6 Å². The summed E-state index contributed by atoms with van der Waals surface area (Å²) in [5.74, 6) is -0.450. The zero-order valence-electron chi connectivity index (χ0n) is 18.8. The quantitative estimate of drug-likeness (QED) is 0.478. The molecule has 3 heterocycles. The van der Waals surface area contributed by atoms with Gasteiger partial charge in [-0.25, -0.2) is 0 Å². The molecule has 0 aliphatic carbocycles. The van der Waals surface area contributed by atoms with Crippen LogP contribution < -0.4 is 10.9 Å². The fourth-order valence-corrected chi connectivity index (χ4v) is 5.62. The predicted octanol–water partition coefficient (Wildman–Crippen LogP) is 4.68. The van der Waals surface area contributed by atoms with E-state index in [1.54, 1.807) is 47.4 Å². The van der Waals surface area contributed by atoms with Crippen molar-refractivity contribution in [2.75, 3.05) is 13.1 Å². The highest BCUT2D eigenvalue weighted by atomic mass is 79.9. The van der Waals surface area contributed by atoms with Crippen LogP contribution in [0.25, 0.3) is 6.08 Å². The fourth-order valence-electron chi connectivity index (χ4n) is 4.98. The number of nitrogens with zero attached hydrogens (tertiary/aromatic N) is 2. The molecule has 0 radical (unpaired) electrons. The van der Waals surface area contributed by atoms with Crippen molar-refractivity contribution in [3.05, 3.63) is 109 Å². The van der Waals surface area contributed by atoms with Crippen LogP contribution in [0.3, 0.4) is 0 Å². The summed E-state index contributed by atoms with van der Waals surface area (Å²) in [7, 11) is 0. The molecule has 5 rings (SSSR count). The molecule has 2 bridgehead atoms. The van der Waals surface area contributed by atoms with Gasteiger partial charge in [0.1, 0.15) is 5.70 Å². The van der Waals surface area contributed by atoms with E-state index < -0.39 is 5.91 Å². The maximum Gasteiger partial charge on any atom is 0.270 e.